The predicted molar refractivity (Wildman–Crippen MR) is 116 cm³/mol. The van der Waals surface area contributed by atoms with E-state index in [0.29, 0.717) is 18.0 Å². The number of aryl methyl sites for hydroxylation is 3. The second-order valence-corrected chi connectivity index (χ2v) is 7.44. The summed E-state index contributed by atoms with van der Waals surface area (Å²) in [5, 5.41) is 10.7. The number of carbonyl (C=O) groups is 1. The number of aromatic nitrogens is 4. The van der Waals surface area contributed by atoms with Gasteiger partial charge in [0, 0.05) is 56.1 Å². The molecule has 0 saturated carbocycles. The molecule has 0 aliphatic heterocycles. The van der Waals surface area contributed by atoms with Crippen molar-refractivity contribution in [3.8, 4) is 11.3 Å². The summed E-state index contributed by atoms with van der Waals surface area (Å²) < 4.78 is 6.86. The third kappa shape index (κ3) is 4.60. The molecule has 1 aliphatic rings. The lowest BCUT2D eigenvalue weighted by Crippen LogP contribution is -2.21. The SMILES string of the molecule is COCCNCCCn1ccc(NC(=O)c2c[nH]c3c2-c2ncccc2CCC3)n1. The molecule has 1 aliphatic carbocycles. The van der Waals surface area contributed by atoms with Crippen LogP contribution >= 0.6 is 0 Å². The van der Waals surface area contributed by atoms with E-state index in [1.807, 2.05) is 23.0 Å². The number of nitrogens with one attached hydrogen (secondary N) is 3. The van der Waals surface area contributed by atoms with Gasteiger partial charge in [-0.2, -0.15) is 5.10 Å². The first-order valence-corrected chi connectivity index (χ1v) is 10.4. The molecule has 3 aromatic rings. The highest BCUT2D eigenvalue weighted by Gasteiger charge is 2.24. The molecule has 0 spiro atoms. The number of pyridine rings is 1. The molecule has 0 fully saturated rings. The van der Waals surface area contributed by atoms with Gasteiger partial charge in [0.05, 0.1) is 17.9 Å². The Morgan fingerprint density at radius 2 is 2.23 bits per heavy atom. The zero-order valence-corrected chi connectivity index (χ0v) is 17.3. The van der Waals surface area contributed by atoms with Crippen LogP contribution in [-0.2, 0) is 24.1 Å². The van der Waals surface area contributed by atoms with Crippen molar-refractivity contribution < 1.29 is 9.53 Å². The average molecular weight is 409 g/mol. The maximum Gasteiger partial charge on any atom is 0.259 e. The number of aromatic amines is 1. The van der Waals surface area contributed by atoms with Crippen molar-refractivity contribution in [3.63, 3.8) is 0 Å². The van der Waals surface area contributed by atoms with Crippen LogP contribution in [0.1, 0.15) is 34.5 Å². The Bertz CT molecular complexity index is 993. The van der Waals surface area contributed by atoms with Gasteiger partial charge >= 0.3 is 0 Å². The highest BCUT2D eigenvalue weighted by atomic mass is 16.5. The van der Waals surface area contributed by atoms with E-state index in [0.717, 1.165) is 62.3 Å². The van der Waals surface area contributed by atoms with Gasteiger partial charge in [-0.25, -0.2) is 0 Å². The molecule has 3 N–H and O–H groups in total. The van der Waals surface area contributed by atoms with Crippen LogP contribution in [0.2, 0.25) is 0 Å². The van der Waals surface area contributed by atoms with Gasteiger partial charge in [-0.1, -0.05) is 6.07 Å². The molecule has 4 rings (SSSR count). The number of nitrogens with zero attached hydrogens (tertiary/aromatic N) is 3. The molecule has 0 radical (unpaired) electrons. The van der Waals surface area contributed by atoms with E-state index < -0.39 is 0 Å². The Morgan fingerprint density at radius 1 is 1.30 bits per heavy atom. The third-order valence-corrected chi connectivity index (χ3v) is 5.31. The van der Waals surface area contributed by atoms with Gasteiger partial charge < -0.3 is 20.4 Å². The first-order chi connectivity index (χ1) is 14.8. The van der Waals surface area contributed by atoms with E-state index >= 15 is 0 Å². The minimum atomic E-state index is -0.169. The lowest BCUT2D eigenvalue weighted by atomic mass is 10.0. The molecule has 0 bridgehead atoms. The van der Waals surface area contributed by atoms with Gasteiger partial charge in [-0.3, -0.25) is 14.5 Å². The Balaban J connectivity index is 1.41. The first-order valence-electron chi connectivity index (χ1n) is 10.4. The molecule has 0 atom stereocenters. The Kier molecular flexibility index (Phi) is 6.56. The van der Waals surface area contributed by atoms with Crippen molar-refractivity contribution in [1.29, 1.82) is 0 Å². The Hall–Kier alpha value is -2.97. The predicted octanol–water partition coefficient (Wildman–Crippen LogP) is 2.64. The lowest BCUT2D eigenvalue weighted by Gasteiger charge is -2.08. The minimum absolute atomic E-state index is 0.169. The summed E-state index contributed by atoms with van der Waals surface area (Å²) in [6.07, 6.45) is 9.33. The van der Waals surface area contributed by atoms with Crippen molar-refractivity contribution in [1.82, 2.24) is 25.1 Å². The fourth-order valence-electron chi connectivity index (χ4n) is 3.84. The number of amides is 1. The molecular weight excluding hydrogens is 380 g/mol. The van der Waals surface area contributed by atoms with Crippen LogP contribution < -0.4 is 10.6 Å². The van der Waals surface area contributed by atoms with Crippen LogP contribution in [0.5, 0.6) is 0 Å². The number of carbonyl (C=O) groups excluding carboxylic acids is 1. The molecule has 3 aromatic heterocycles. The number of methoxy groups -OCH3 is 1. The third-order valence-electron chi connectivity index (χ3n) is 5.31. The van der Waals surface area contributed by atoms with E-state index in [1.165, 1.54) is 5.56 Å². The average Bonchev–Trinajstić information content (AvgIpc) is 3.33. The van der Waals surface area contributed by atoms with Crippen LogP contribution in [-0.4, -0.2) is 52.5 Å². The summed E-state index contributed by atoms with van der Waals surface area (Å²) in [7, 11) is 1.70. The number of fused-ring (bicyclic) bond motifs is 3. The molecule has 8 nitrogen and oxygen atoms in total. The normalized spacial score (nSPS) is 12.8. The molecular formula is C22H28N6O2. The molecule has 8 heteroatoms. The van der Waals surface area contributed by atoms with E-state index in [4.69, 9.17) is 4.74 Å². The first kappa shape index (κ1) is 20.3. The van der Waals surface area contributed by atoms with Gasteiger partial charge in [-0.15, -0.1) is 0 Å². The molecule has 0 saturated heterocycles. The quantitative estimate of drug-likeness (QED) is 0.473. The summed E-state index contributed by atoms with van der Waals surface area (Å²) in [4.78, 5) is 20.9. The fraction of sp³-hybridized carbons (Fsp3) is 0.409. The van der Waals surface area contributed by atoms with Crippen LogP contribution in [0.3, 0.4) is 0 Å². The topological polar surface area (TPSA) is 96.9 Å². The Labute approximate surface area is 176 Å². The lowest BCUT2D eigenvalue weighted by molar-refractivity contribution is 0.102. The Morgan fingerprint density at radius 3 is 3.13 bits per heavy atom. The molecule has 158 valence electrons. The number of hydrogen-bond donors (Lipinski definition) is 3. The number of hydrogen-bond acceptors (Lipinski definition) is 5. The summed E-state index contributed by atoms with van der Waals surface area (Å²) in [5.74, 6) is 0.384. The molecule has 3 heterocycles. The highest BCUT2D eigenvalue weighted by Crippen LogP contribution is 2.33. The van der Waals surface area contributed by atoms with E-state index in [1.54, 1.807) is 19.5 Å². The van der Waals surface area contributed by atoms with Crippen LogP contribution in [0, 0.1) is 0 Å². The highest BCUT2D eigenvalue weighted by molar-refractivity contribution is 6.08. The van der Waals surface area contributed by atoms with Gasteiger partial charge in [0.15, 0.2) is 5.82 Å². The zero-order valence-electron chi connectivity index (χ0n) is 17.3. The maximum absolute atomic E-state index is 13.0. The smallest absolute Gasteiger partial charge is 0.259 e. The molecule has 0 aromatic carbocycles. The van der Waals surface area contributed by atoms with Crippen molar-refractivity contribution in [2.24, 2.45) is 0 Å². The monoisotopic (exact) mass is 408 g/mol. The van der Waals surface area contributed by atoms with Gasteiger partial charge in [-0.05, 0) is 43.9 Å². The number of ether oxygens (including phenoxy) is 1. The summed E-state index contributed by atoms with van der Waals surface area (Å²) in [6, 6.07) is 5.88. The van der Waals surface area contributed by atoms with E-state index in [2.05, 4.69) is 31.8 Å². The molecule has 1 amide bonds. The van der Waals surface area contributed by atoms with Crippen LogP contribution in [0.15, 0.2) is 36.8 Å². The van der Waals surface area contributed by atoms with Gasteiger partial charge in [0.25, 0.3) is 5.91 Å². The van der Waals surface area contributed by atoms with Crippen molar-refractivity contribution in [2.75, 3.05) is 32.1 Å². The van der Waals surface area contributed by atoms with Crippen molar-refractivity contribution in [3.05, 3.63) is 53.6 Å². The summed E-state index contributed by atoms with van der Waals surface area (Å²) >= 11 is 0. The van der Waals surface area contributed by atoms with Gasteiger partial charge in [0.1, 0.15) is 0 Å². The van der Waals surface area contributed by atoms with Crippen molar-refractivity contribution >= 4 is 11.7 Å². The standard InChI is InChI=1S/C22H28N6O2/c1-30-14-11-23-9-4-12-28-13-8-19(27-28)26-22(29)17-15-25-18-7-2-5-16-6-3-10-24-21(16)20(17)18/h3,6,8,10,13,15,23,25H,2,4-5,7,9,11-12,14H2,1H3,(H,26,27,29). The second kappa shape index (κ2) is 9.69. The van der Waals surface area contributed by atoms with Crippen LogP contribution in [0.4, 0.5) is 5.82 Å². The number of rotatable bonds is 9. The molecule has 0 unspecified atom stereocenters. The number of H-pyrrole nitrogens is 1. The number of anilines is 1. The fourth-order valence-corrected chi connectivity index (χ4v) is 3.84. The summed E-state index contributed by atoms with van der Waals surface area (Å²) in [6.45, 7) is 3.23. The largest absolute Gasteiger partial charge is 0.383 e. The van der Waals surface area contributed by atoms with Crippen molar-refractivity contribution in [2.45, 2.75) is 32.2 Å². The molecule has 30 heavy (non-hydrogen) atoms. The minimum Gasteiger partial charge on any atom is -0.383 e. The second-order valence-electron chi connectivity index (χ2n) is 7.44. The zero-order chi connectivity index (χ0) is 20.8. The summed E-state index contributed by atoms with van der Waals surface area (Å²) in [5.41, 5.74) is 4.70. The maximum atomic E-state index is 13.0. The van der Waals surface area contributed by atoms with Crippen LogP contribution in [0.25, 0.3) is 11.3 Å². The van der Waals surface area contributed by atoms with Gasteiger partial charge in [0.2, 0.25) is 0 Å². The van der Waals surface area contributed by atoms with E-state index in [9.17, 15) is 4.79 Å². The van der Waals surface area contributed by atoms with E-state index in [-0.39, 0.29) is 5.91 Å².